The van der Waals surface area contributed by atoms with Gasteiger partial charge in [-0.3, -0.25) is 0 Å². The molecule has 0 amide bonds. The van der Waals surface area contributed by atoms with Gasteiger partial charge in [-0.25, -0.2) is 8.78 Å². The maximum Gasteiger partial charge on any atom is 0.495 e. The molecule has 19 heavy (non-hydrogen) atoms. The molecule has 0 bridgehead atoms. The Kier molecular flexibility index (Phi) is 4.14. The second-order valence-corrected chi connectivity index (χ2v) is 3.95. The fourth-order valence-corrected chi connectivity index (χ4v) is 1.67. The zero-order chi connectivity index (χ0) is 13.8. The van der Waals surface area contributed by atoms with Crippen LogP contribution < -0.4 is 10.2 Å². The fourth-order valence-electron chi connectivity index (χ4n) is 1.67. The van der Waals surface area contributed by atoms with Crippen LogP contribution in [0.3, 0.4) is 0 Å². The van der Waals surface area contributed by atoms with E-state index >= 15 is 0 Å². The van der Waals surface area contributed by atoms with Crippen LogP contribution in [0.4, 0.5) is 8.78 Å². The van der Waals surface area contributed by atoms with Crippen molar-refractivity contribution in [2.75, 3.05) is 0 Å². The first-order chi connectivity index (χ1) is 9.08. The molecular formula is C13H11BF2O3. The van der Waals surface area contributed by atoms with E-state index in [0.29, 0.717) is 6.07 Å². The van der Waals surface area contributed by atoms with Gasteiger partial charge in [-0.2, -0.15) is 0 Å². The van der Waals surface area contributed by atoms with Crippen LogP contribution in [0, 0.1) is 11.6 Å². The molecule has 2 N–H and O–H groups in total. The molecule has 2 aromatic carbocycles. The summed E-state index contributed by atoms with van der Waals surface area (Å²) in [6.45, 7) is 0.0729. The predicted octanol–water partition coefficient (Wildman–Crippen LogP) is 1.22. The zero-order valence-electron chi connectivity index (χ0n) is 9.88. The molecule has 0 aromatic heterocycles. The van der Waals surface area contributed by atoms with Crippen LogP contribution in [0.2, 0.25) is 0 Å². The van der Waals surface area contributed by atoms with E-state index in [1.807, 2.05) is 6.07 Å². The number of ether oxygens (including phenoxy) is 1. The van der Waals surface area contributed by atoms with Gasteiger partial charge in [0.05, 0.1) is 5.46 Å². The van der Waals surface area contributed by atoms with Crippen molar-refractivity contribution >= 4 is 12.6 Å². The van der Waals surface area contributed by atoms with E-state index in [1.165, 1.54) is 0 Å². The fraction of sp³-hybridized carbons (Fsp3) is 0.0769. The Morgan fingerprint density at radius 3 is 2.37 bits per heavy atom. The number of benzene rings is 2. The summed E-state index contributed by atoms with van der Waals surface area (Å²) in [7, 11) is -2.06. The van der Waals surface area contributed by atoms with Crippen LogP contribution >= 0.6 is 0 Å². The Morgan fingerprint density at radius 2 is 1.74 bits per heavy atom. The van der Waals surface area contributed by atoms with Gasteiger partial charge in [0.2, 0.25) is 0 Å². The summed E-state index contributed by atoms with van der Waals surface area (Å²) in [5.41, 5.74) is 0.322. The standard InChI is InChI=1S/C13H11BF2O3/c15-10-6-11(16)13(14(17)18)12(7-10)19-8-9-4-2-1-3-5-9/h1-7,17-18H,8H2. The summed E-state index contributed by atoms with van der Waals surface area (Å²) in [4.78, 5) is 0. The molecule has 0 saturated heterocycles. The van der Waals surface area contributed by atoms with Gasteiger partial charge in [0.1, 0.15) is 24.0 Å². The summed E-state index contributed by atoms with van der Waals surface area (Å²) >= 11 is 0. The lowest BCUT2D eigenvalue weighted by atomic mass is 9.79. The van der Waals surface area contributed by atoms with Gasteiger partial charge in [0, 0.05) is 12.1 Å². The summed E-state index contributed by atoms with van der Waals surface area (Å²) in [6.07, 6.45) is 0. The normalized spacial score (nSPS) is 10.3. The van der Waals surface area contributed by atoms with Gasteiger partial charge in [0.15, 0.2) is 0 Å². The van der Waals surface area contributed by atoms with E-state index in [2.05, 4.69) is 0 Å². The molecule has 0 unspecified atom stereocenters. The first-order valence-corrected chi connectivity index (χ1v) is 5.59. The van der Waals surface area contributed by atoms with Crippen LogP contribution in [-0.4, -0.2) is 17.2 Å². The average molecular weight is 264 g/mol. The second kappa shape index (κ2) is 5.82. The highest BCUT2D eigenvalue weighted by atomic mass is 19.1. The molecule has 0 saturated carbocycles. The van der Waals surface area contributed by atoms with Crippen molar-refractivity contribution in [2.45, 2.75) is 6.61 Å². The van der Waals surface area contributed by atoms with Crippen LogP contribution in [0.1, 0.15) is 5.56 Å². The minimum absolute atomic E-state index is 0.0729. The van der Waals surface area contributed by atoms with Crippen molar-refractivity contribution in [3.63, 3.8) is 0 Å². The maximum absolute atomic E-state index is 13.4. The number of rotatable bonds is 4. The molecule has 0 radical (unpaired) electrons. The third kappa shape index (κ3) is 3.30. The van der Waals surface area contributed by atoms with Crippen LogP contribution in [0.25, 0.3) is 0 Å². The molecule has 0 fully saturated rings. The van der Waals surface area contributed by atoms with Gasteiger partial charge in [-0.15, -0.1) is 0 Å². The highest BCUT2D eigenvalue weighted by molar-refractivity contribution is 6.59. The maximum atomic E-state index is 13.4. The highest BCUT2D eigenvalue weighted by Crippen LogP contribution is 2.15. The molecule has 0 aliphatic heterocycles. The van der Waals surface area contributed by atoms with Crippen molar-refractivity contribution in [3.8, 4) is 5.75 Å². The summed E-state index contributed by atoms with van der Waals surface area (Å²) < 4.78 is 31.8. The van der Waals surface area contributed by atoms with Gasteiger partial charge in [0.25, 0.3) is 0 Å². The number of hydrogen-bond acceptors (Lipinski definition) is 3. The first kappa shape index (κ1) is 13.5. The molecule has 3 nitrogen and oxygen atoms in total. The number of hydrogen-bond donors (Lipinski definition) is 2. The molecule has 6 heteroatoms. The topological polar surface area (TPSA) is 49.7 Å². The lowest BCUT2D eigenvalue weighted by molar-refractivity contribution is 0.303. The smallest absolute Gasteiger partial charge is 0.489 e. The van der Waals surface area contributed by atoms with Gasteiger partial charge >= 0.3 is 7.12 Å². The molecule has 0 aliphatic carbocycles. The highest BCUT2D eigenvalue weighted by Gasteiger charge is 2.23. The first-order valence-electron chi connectivity index (χ1n) is 5.59. The summed E-state index contributed by atoms with van der Waals surface area (Å²) in [5, 5.41) is 18.2. The van der Waals surface area contributed by atoms with Crippen LogP contribution in [0.5, 0.6) is 5.75 Å². The predicted molar refractivity (Wildman–Crippen MR) is 67.0 cm³/mol. The quantitative estimate of drug-likeness (QED) is 0.816. The number of halogens is 2. The summed E-state index contributed by atoms with van der Waals surface area (Å²) in [6, 6.07) is 10.5. The molecule has 2 aromatic rings. The Balaban J connectivity index is 2.24. The molecular weight excluding hydrogens is 253 g/mol. The van der Waals surface area contributed by atoms with E-state index in [4.69, 9.17) is 14.8 Å². The van der Waals surface area contributed by atoms with Crippen LogP contribution in [-0.2, 0) is 6.61 Å². The SMILES string of the molecule is OB(O)c1c(F)cc(F)cc1OCc1ccccc1. The Morgan fingerprint density at radius 1 is 1.05 bits per heavy atom. The van der Waals surface area contributed by atoms with E-state index in [9.17, 15) is 8.78 Å². The molecule has 0 atom stereocenters. The molecule has 98 valence electrons. The molecule has 0 aliphatic rings. The largest absolute Gasteiger partial charge is 0.495 e. The van der Waals surface area contributed by atoms with Gasteiger partial charge in [-0.05, 0) is 5.56 Å². The third-order valence-corrected chi connectivity index (χ3v) is 2.55. The van der Waals surface area contributed by atoms with E-state index in [1.54, 1.807) is 24.3 Å². The Bertz CT molecular complexity index is 561. The van der Waals surface area contributed by atoms with Gasteiger partial charge in [-0.1, -0.05) is 30.3 Å². The van der Waals surface area contributed by atoms with E-state index in [-0.39, 0.29) is 12.4 Å². The van der Waals surface area contributed by atoms with E-state index < -0.39 is 24.2 Å². The Hall–Kier alpha value is -1.92. The minimum atomic E-state index is -2.06. The van der Waals surface area contributed by atoms with Crippen molar-refractivity contribution in [3.05, 3.63) is 59.7 Å². The molecule has 0 heterocycles. The molecule has 2 rings (SSSR count). The van der Waals surface area contributed by atoms with Crippen molar-refractivity contribution < 1.29 is 23.6 Å². The second-order valence-electron chi connectivity index (χ2n) is 3.95. The third-order valence-electron chi connectivity index (χ3n) is 2.55. The van der Waals surface area contributed by atoms with Crippen molar-refractivity contribution in [1.29, 1.82) is 0 Å². The average Bonchev–Trinajstić information content (AvgIpc) is 2.36. The lowest BCUT2D eigenvalue weighted by Crippen LogP contribution is -2.34. The van der Waals surface area contributed by atoms with E-state index in [0.717, 1.165) is 11.6 Å². The molecule has 0 spiro atoms. The Labute approximate surface area is 109 Å². The van der Waals surface area contributed by atoms with Crippen LogP contribution in [0.15, 0.2) is 42.5 Å². The summed E-state index contributed by atoms with van der Waals surface area (Å²) in [5.74, 6) is -2.13. The monoisotopic (exact) mass is 264 g/mol. The van der Waals surface area contributed by atoms with Gasteiger partial charge < -0.3 is 14.8 Å². The lowest BCUT2D eigenvalue weighted by Gasteiger charge is -2.12. The minimum Gasteiger partial charge on any atom is -0.489 e. The zero-order valence-corrected chi connectivity index (χ0v) is 9.88. The van der Waals surface area contributed by atoms with Crippen molar-refractivity contribution in [2.24, 2.45) is 0 Å². The van der Waals surface area contributed by atoms with Crippen molar-refractivity contribution in [1.82, 2.24) is 0 Å².